The maximum Gasteiger partial charge on any atom is 0.306 e. The van der Waals surface area contributed by atoms with Gasteiger partial charge in [-0.3, -0.25) is 14.4 Å². The maximum atomic E-state index is 12.8. The van der Waals surface area contributed by atoms with Gasteiger partial charge in [-0.2, -0.15) is 0 Å². The molecule has 0 amide bonds. The number of allylic oxidation sites excluding steroid dienone is 8. The molecule has 6 nitrogen and oxygen atoms in total. The molecule has 1 atom stereocenters. The van der Waals surface area contributed by atoms with Crippen molar-refractivity contribution in [3.05, 3.63) is 48.6 Å². The highest BCUT2D eigenvalue weighted by molar-refractivity contribution is 5.71. The van der Waals surface area contributed by atoms with Crippen molar-refractivity contribution in [1.82, 2.24) is 0 Å². The maximum absolute atomic E-state index is 12.8. The van der Waals surface area contributed by atoms with Crippen LogP contribution < -0.4 is 0 Å². The monoisotopic (exact) mass is 855 g/mol. The molecular weight excluding hydrogens is 757 g/mol. The average Bonchev–Trinajstić information content (AvgIpc) is 3.26. The van der Waals surface area contributed by atoms with Gasteiger partial charge in [-0.1, -0.05) is 236 Å². The van der Waals surface area contributed by atoms with E-state index in [4.69, 9.17) is 14.2 Å². The van der Waals surface area contributed by atoms with Gasteiger partial charge in [0.05, 0.1) is 0 Å². The van der Waals surface area contributed by atoms with Crippen LogP contribution in [-0.4, -0.2) is 37.2 Å². The summed E-state index contributed by atoms with van der Waals surface area (Å²) in [6, 6.07) is 0. The highest BCUT2D eigenvalue weighted by Crippen LogP contribution is 2.16. The zero-order valence-corrected chi connectivity index (χ0v) is 40.4. The predicted octanol–water partition coefficient (Wildman–Crippen LogP) is 17.1. The standard InChI is InChI=1S/C55H98O6/c1-4-7-10-13-16-19-21-23-25-27-29-31-33-36-39-42-45-48-54(57)60-51-52(50-59-53(56)47-44-41-38-35-18-15-12-9-6-3)61-55(58)49-46-43-40-37-34-32-30-28-26-24-22-20-17-14-11-8-5-2/h7,10,16,19,23,25,29,31,52H,4-6,8-9,11-15,17-18,20-22,24,26-28,30,32-51H2,1-3H3/b10-7-,19-16-,25-23-,31-29-. The van der Waals surface area contributed by atoms with E-state index in [1.54, 1.807) is 0 Å². The van der Waals surface area contributed by atoms with Crippen LogP contribution in [0.1, 0.15) is 265 Å². The van der Waals surface area contributed by atoms with Crippen molar-refractivity contribution in [1.29, 1.82) is 0 Å². The summed E-state index contributed by atoms with van der Waals surface area (Å²) < 4.78 is 16.8. The molecule has 0 N–H and O–H groups in total. The number of unbranched alkanes of at least 4 members (excludes halogenated alkanes) is 28. The van der Waals surface area contributed by atoms with Crippen LogP contribution >= 0.6 is 0 Å². The Bertz CT molecular complexity index is 1070. The van der Waals surface area contributed by atoms with Crippen molar-refractivity contribution in [3.63, 3.8) is 0 Å². The normalized spacial score (nSPS) is 12.4. The molecule has 0 aromatic heterocycles. The Kier molecular flexibility index (Phi) is 47.9. The fourth-order valence-electron chi connectivity index (χ4n) is 7.43. The Balaban J connectivity index is 4.33. The molecule has 0 aliphatic carbocycles. The summed E-state index contributed by atoms with van der Waals surface area (Å²) in [6.07, 6.45) is 59.6. The van der Waals surface area contributed by atoms with Gasteiger partial charge < -0.3 is 14.2 Å². The molecule has 0 bridgehead atoms. The molecule has 0 aromatic carbocycles. The topological polar surface area (TPSA) is 78.9 Å². The second kappa shape index (κ2) is 50.0. The second-order valence-corrected chi connectivity index (χ2v) is 17.4. The minimum Gasteiger partial charge on any atom is -0.462 e. The van der Waals surface area contributed by atoms with Crippen LogP contribution in [0.4, 0.5) is 0 Å². The molecule has 0 saturated heterocycles. The van der Waals surface area contributed by atoms with Gasteiger partial charge in [-0.05, 0) is 57.8 Å². The van der Waals surface area contributed by atoms with Crippen LogP contribution in [0.3, 0.4) is 0 Å². The van der Waals surface area contributed by atoms with E-state index in [1.807, 2.05) is 0 Å². The van der Waals surface area contributed by atoms with E-state index >= 15 is 0 Å². The van der Waals surface area contributed by atoms with Crippen LogP contribution in [0.15, 0.2) is 48.6 Å². The summed E-state index contributed by atoms with van der Waals surface area (Å²) in [5.74, 6) is -0.895. The van der Waals surface area contributed by atoms with Crippen LogP contribution in [0, 0.1) is 0 Å². The smallest absolute Gasteiger partial charge is 0.306 e. The molecule has 6 heteroatoms. The second-order valence-electron chi connectivity index (χ2n) is 17.4. The zero-order valence-electron chi connectivity index (χ0n) is 40.4. The van der Waals surface area contributed by atoms with E-state index in [9.17, 15) is 14.4 Å². The van der Waals surface area contributed by atoms with Crippen molar-refractivity contribution in [2.75, 3.05) is 13.2 Å². The summed E-state index contributed by atoms with van der Waals surface area (Å²) in [4.78, 5) is 37.9. The van der Waals surface area contributed by atoms with E-state index in [-0.39, 0.29) is 31.1 Å². The molecule has 1 unspecified atom stereocenters. The van der Waals surface area contributed by atoms with E-state index in [0.29, 0.717) is 19.3 Å². The Morgan fingerprint density at radius 3 is 1.00 bits per heavy atom. The average molecular weight is 855 g/mol. The quantitative estimate of drug-likeness (QED) is 0.0263. The molecular formula is C55H98O6. The third-order valence-corrected chi connectivity index (χ3v) is 11.3. The molecule has 354 valence electrons. The first-order chi connectivity index (χ1) is 30.0. The number of carbonyl (C=O) groups is 3. The lowest BCUT2D eigenvalue weighted by Gasteiger charge is -2.18. The van der Waals surface area contributed by atoms with Crippen LogP contribution in [0.5, 0.6) is 0 Å². The first-order valence-electron chi connectivity index (χ1n) is 26.1. The third-order valence-electron chi connectivity index (χ3n) is 11.3. The molecule has 0 aliphatic heterocycles. The molecule has 0 heterocycles. The molecule has 61 heavy (non-hydrogen) atoms. The highest BCUT2D eigenvalue weighted by atomic mass is 16.6. The van der Waals surface area contributed by atoms with Crippen molar-refractivity contribution in [3.8, 4) is 0 Å². The lowest BCUT2D eigenvalue weighted by atomic mass is 10.0. The lowest BCUT2D eigenvalue weighted by molar-refractivity contribution is -0.167. The molecule has 0 aromatic rings. The minimum atomic E-state index is -0.777. The van der Waals surface area contributed by atoms with Crippen molar-refractivity contribution < 1.29 is 28.6 Å². The zero-order chi connectivity index (χ0) is 44.4. The van der Waals surface area contributed by atoms with Crippen molar-refractivity contribution in [2.45, 2.75) is 271 Å². The van der Waals surface area contributed by atoms with Gasteiger partial charge in [-0.25, -0.2) is 0 Å². The summed E-state index contributed by atoms with van der Waals surface area (Å²) in [5, 5.41) is 0. The molecule has 0 spiro atoms. The molecule has 0 aliphatic rings. The number of hydrogen-bond acceptors (Lipinski definition) is 6. The number of esters is 3. The molecule has 0 saturated carbocycles. The van der Waals surface area contributed by atoms with Crippen LogP contribution in [0.25, 0.3) is 0 Å². The van der Waals surface area contributed by atoms with Crippen molar-refractivity contribution in [2.24, 2.45) is 0 Å². The first-order valence-corrected chi connectivity index (χ1v) is 26.1. The summed E-state index contributed by atoms with van der Waals surface area (Å²) in [5.41, 5.74) is 0. The minimum absolute atomic E-state index is 0.0778. The SMILES string of the molecule is CC/C=C\C/C=C\C/C=C\C/C=C\CCCCCCC(=O)OCC(COC(=O)CCCCCCCCCCC)OC(=O)CCCCCCCCCCCCCCCCCCC. The fourth-order valence-corrected chi connectivity index (χ4v) is 7.43. The van der Waals surface area contributed by atoms with Crippen LogP contribution in [-0.2, 0) is 28.6 Å². The Hall–Kier alpha value is -2.63. The third kappa shape index (κ3) is 48.3. The van der Waals surface area contributed by atoms with Gasteiger partial charge in [-0.15, -0.1) is 0 Å². The van der Waals surface area contributed by atoms with E-state index < -0.39 is 6.10 Å². The summed E-state index contributed by atoms with van der Waals surface area (Å²) in [7, 11) is 0. The predicted molar refractivity (Wildman–Crippen MR) is 261 cm³/mol. The Labute approximate surface area is 378 Å². The van der Waals surface area contributed by atoms with Gasteiger partial charge in [0.2, 0.25) is 0 Å². The molecule has 0 rings (SSSR count). The summed E-state index contributed by atoms with van der Waals surface area (Å²) >= 11 is 0. The molecule has 0 radical (unpaired) electrons. The van der Waals surface area contributed by atoms with E-state index in [1.165, 1.54) is 128 Å². The van der Waals surface area contributed by atoms with Gasteiger partial charge in [0, 0.05) is 19.3 Å². The first kappa shape index (κ1) is 58.4. The lowest BCUT2D eigenvalue weighted by Crippen LogP contribution is -2.30. The van der Waals surface area contributed by atoms with Gasteiger partial charge >= 0.3 is 17.9 Å². The Morgan fingerprint density at radius 2 is 0.639 bits per heavy atom. The highest BCUT2D eigenvalue weighted by Gasteiger charge is 2.19. The molecule has 0 fully saturated rings. The number of rotatable bonds is 47. The fraction of sp³-hybridized carbons (Fsp3) is 0.800. The van der Waals surface area contributed by atoms with Crippen molar-refractivity contribution >= 4 is 17.9 Å². The van der Waals surface area contributed by atoms with Crippen LogP contribution in [0.2, 0.25) is 0 Å². The largest absolute Gasteiger partial charge is 0.462 e. The Morgan fingerprint density at radius 1 is 0.344 bits per heavy atom. The van der Waals surface area contributed by atoms with Gasteiger partial charge in [0.25, 0.3) is 0 Å². The van der Waals surface area contributed by atoms with E-state index in [2.05, 4.69) is 69.4 Å². The summed E-state index contributed by atoms with van der Waals surface area (Å²) in [6.45, 7) is 6.51. The van der Waals surface area contributed by atoms with E-state index in [0.717, 1.165) is 96.3 Å². The number of hydrogen-bond donors (Lipinski definition) is 0. The number of ether oxygens (including phenoxy) is 3. The number of carbonyl (C=O) groups excluding carboxylic acids is 3. The van der Waals surface area contributed by atoms with Gasteiger partial charge in [0.1, 0.15) is 13.2 Å². The van der Waals surface area contributed by atoms with Gasteiger partial charge in [0.15, 0.2) is 6.10 Å².